The molecule has 94 valence electrons. The quantitative estimate of drug-likeness (QED) is 0.802. The summed E-state index contributed by atoms with van der Waals surface area (Å²) >= 11 is 0. The Hall–Kier alpha value is -1.22. The SMILES string of the molecule is Cc1cccc(N)c1OC1CC(C)OC(C)C1. The van der Waals surface area contributed by atoms with E-state index in [-0.39, 0.29) is 18.3 Å². The first kappa shape index (κ1) is 12.2. The second-order valence-corrected chi connectivity index (χ2v) is 4.96. The van der Waals surface area contributed by atoms with E-state index >= 15 is 0 Å². The number of benzene rings is 1. The lowest BCUT2D eigenvalue weighted by Gasteiger charge is -2.32. The smallest absolute Gasteiger partial charge is 0.145 e. The summed E-state index contributed by atoms with van der Waals surface area (Å²) in [5.41, 5.74) is 7.77. The van der Waals surface area contributed by atoms with Crippen LogP contribution in [0, 0.1) is 6.92 Å². The molecule has 1 fully saturated rings. The zero-order valence-electron chi connectivity index (χ0n) is 10.8. The Balaban J connectivity index is 2.10. The van der Waals surface area contributed by atoms with E-state index in [1.165, 1.54) is 0 Å². The van der Waals surface area contributed by atoms with Crippen LogP contribution in [0.15, 0.2) is 18.2 Å². The molecular weight excluding hydrogens is 214 g/mol. The minimum Gasteiger partial charge on any atom is -0.488 e. The molecule has 3 nitrogen and oxygen atoms in total. The molecule has 0 saturated carbocycles. The fourth-order valence-electron chi connectivity index (χ4n) is 2.44. The Bertz CT molecular complexity index is 362. The number of nitrogens with two attached hydrogens (primary N) is 1. The van der Waals surface area contributed by atoms with Crippen molar-refractivity contribution < 1.29 is 9.47 Å². The van der Waals surface area contributed by atoms with Crippen molar-refractivity contribution in [2.45, 2.75) is 51.9 Å². The highest BCUT2D eigenvalue weighted by Crippen LogP contribution is 2.30. The molecule has 17 heavy (non-hydrogen) atoms. The summed E-state index contributed by atoms with van der Waals surface area (Å²) in [6.07, 6.45) is 2.58. The maximum absolute atomic E-state index is 6.05. The van der Waals surface area contributed by atoms with E-state index in [2.05, 4.69) is 13.8 Å². The lowest BCUT2D eigenvalue weighted by molar-refractivity contribution is -0.0721. The van der Waals surface area contributed by atoms with Gasteiger partial charge in [0.15, 0.2) is 0 Å². The molecule has 1 aliphatic rings. The molecule has 3 heteroatoms. The molecular formula is C14H21NO2. The van der Waals surface area contributed by atoms with E-state index < -0.39 is 0 Å². The number of rotatable bonds is 2. The number of nitrogen functional groups attached to an aromatic ring is 1. The average molecular weight is 235 g/mol. The second-order valence-electron chi connectivity index (χ2n) is 4.96. The van der Waals surface area contributed by atoms with Crippen molar-refractivity contribution >= 4 is 5.69 Å². The van der Waals surface area contributed by atoms with Gasteiger partial charge in [0.1, 0.15) is 11.9 Å². The minimum atomic E-state index is 0.206. The molecule has 0 aromatic heterocycles. The van der Waals surface area contributed by atoms with Crippen LogP contribution in [0.3, 0.4) is 0 Å². The summed E-state index contributed by atoms with van der Waals surface area (Å²) in [6, 6.07) is 5.86. The van der Waals surface area contributed by atoms with Gasteiger partial charge in [-0.25, -0.2) is 0 Å². The molecule has 1 aliphatic heterocycles. The van der Waals surface area contributed by atoms with Crippen LogP contribution in [-0.2, 0) is 4.74 Å². The molecule has 0 radical (unpaired) electrons. The van der Waals surface area contributed by atoms with Crippen LogP contribution in [0.4, 0.5) is 5.69 Å². The van der Waals surface area contributed by atoms with Gasteiger partial charge in [-0.1, -0.05) is 12.1 Å². The van der Waals surface area contributed by atoms with E-state index in [4.69, 9.17) is 15.2 Å². The summed E-state index contributed by atoms with van der Waals surface area (Å²) < 4.78 is 11.8. The summed E-state index contributed by atoms with van der Waals surface area (Å²) in [5, 5.41) is 0. The van der Waals surface area contributed by atoms with Crippen LogP contribution in [0.2, 0.25) is 0 Å². The summed E-state index contributed by atoms with van der Waals surface area (Å²) in [5.74, 6) is 0.832. The van der Waals surface area contributed by atoms with Crippen LogP contribution in [0.25, 0.3) is 0 Å². The molecule has 0 aliphatic carbocycles. The van der Waals surface area contributed by atoms with Gasteiger partial charge in [0.2, 0.25) is 0 Å². The van der Waals surface area contributed by atoms with Crippen LogP contribution in [-0.4, -0.2) is 18.3 Å². The van der Waals surface area contributed by atoms with Crippen molar-refractivity contribution in [2.24, 2.45) is 0 Å². The zero-order chi connectivity index (χ0) is 12.4. The van der Waals surface area contributed by atoms with Gasteiger partial charge in [0.25, 0.3) is 0 Å². The Kier molecular flexibility index (Phi) is 3.57. The van der Waals surface area contributed by atoms with Gasteiger partial charge in [-0.3, -0.25) is 0 Å². The summed E-state index contributed by atoms with van der Waals surface area (Å²) in [6.45, 7) is 6.21. The predicted octanol–water partition coefficient (Wildman–Crippen LogP) is 2.91. The maximum Gasteiger partial charge on any atom is 0.145 e. The fourth-order valence-corrected chi connectivity index (χ4v) is 2.44. The topological polar surface area (TPSA) is 44.5 Å². The van der Waals surface area contributed by atoms with Gasteiger partial charge in [0.05, 0.1) is 17.9 Å². The second kappa shape index (κ2) is 4.96. The molecule has 2 N–H and O–H groups in total. The van der Waals surface area contributed by atoms with E-state index in [0.717, 1.165) is 29.8 Å². The Morgan fingerprint density at radius 2 is 1.88 bits per heavy atom. The Labute approximate surface area is 103 Å². The van der Waals surface area contributed by atoms with Crippen molar-refractivity contribution in [2.75, 3.05) is 5.73 Å². The Morgan fingerprint density at radius 1 is 1.24 bits per heavy atom. The lowest BCUT2D eigenvalue weighted by Crippen LogP contribution is -2.36. The molecule has 0 bridgehead atoms. The molecule has 1 aromatic carbocycles. The molecule has 0 amide bonds. The van der Waals surface area contributed by atoms with E-state index in [1.54, 1.807) is 0 Å². The highest BCUT2D eigenvalue weighted by molar-refractivity contribution is 5.56. The van der Waals surface area contributed by atoms with Crippen molar-refractivity contribution in [1.29, 1.82) is 0 Å². The van der Waals surface area contributed by atoms with Crippen molar-refractivity contribution in [3.8, 4) is 5.75 Å². The normalized spacial score (nSPS) is 29.0. The standard InChI is InChI=1S/C14H21NO2/c1-9-5-4-6-13(15)14(9)17-12-7-10(2)16-11(3)8-12/h4-6,10-12H,7-8,15H2,1-3H3. The third-order valence-corrected chi connectivity index (χ3v) is 3.18. The molecule has 1 saturated heterocycles. The number of para-hydroxylation sites is 1. The molecule has 2 atom stereocenters. The number of aryl methyl sites for hydroxylation is 1. The first-order chi connectivity index (χ1) is 8.06. The largest absolute Gasteiger partial charge is 0.488 e. The fraction of sp³-hybridized carbons (Fsp3) is 0.571. The maximum atomic E-state index is 6.05. The summed E-state index contributed by atoms with van der Waals surface area (Å²) in [7, 11) is 0. The van der Waals surface area contributed by atoms with Crippen molar-refractivity contribution in [1.82, 2.24) is 0 Å². The van der Waals surface area contributed by atoms with Gasteiger partial charge in [-0.2, -0.15) is 0 Å². The van der Waals surface area contributed by atoms with Gasteiger partial charge < -0.3 is 15.2 Å². The van der Waals surface area contributed by atoms with Crippen LogP contribution < -0.4 is 10.5 Å². The molecule has 1 aromatic rings. The number of hydrogen-bond acceptors (Lipinski definition) is 3. The lowest BCUT2D eigenvalue weighted by atomic mass is 10.0. The van der Waals surface area contributed by atoms with Crippen molar-refractivity contribution in [3.63, 3.8) is 0 Å². The average Bonchev–Trinajstić information content (AvgIpc) is 2.22. The van der Waals surface area contributed by atoms with Crippen molar-refractivity contribution in [3.05, 3.63) is 23.8 Å². The third kappa shape index (κ3) is 2.91. The number of anilines is 1. The molecule has 2 rings (SSSR count). The van der Waals surface area contributed by atoms with Crippen LogP contribution >= 0.6 is 0 Å². The first-order valence-electron chi connectivity index (χ1n) is 6.23. The van der Waals surface area contributed by atoms with E-state index in [1.807, 2.05) is 25.1 Å². The van der Waals surface area contributed by atoms with E-state index in [0.29, 0.717) is 0 Å². The minimum absolute atomic E-state index is 0.206. The van der Waals surface area contributed by atoms with Crippen LogP contribution in [0.5, 0.6) is 5.75 Å². The van der Waals surface area contributed by atoms with Gasteiger partial charge in [-0.05, 0) is 32.4 Å². The Morgan fingerprint density at radius 3 is 2.47 bits per heavy atom. The predicted molar refractivity (Wildman–Crippen MR) is 69.3 cm³/mol. The zero-order valence-corrected chi connectivity index (χ0v) is 10.8. The number of hydrogen-bond donors (Lipinski definition) is 1. The van der Waals surface area contributed by atoms with Gasteiger partial charge >= 0.3 is 0 Å². The van der Waals surface area contributed by atoms with Crippen LogP contribution in [0.1, 0.15) is 32.3 Å². The first-order valence-corrected chi connectivity index (χ1v) is 6.23. The third-order valence-electron chi connectivity index (χ3n) is 3.18. The molecule has 1 heterocycles. The molecule has 2 unspecified atom stereocenters. The highest BCUT2D eigenvalue weighted by atomic mass is 16.5. The highest BCUT2D eigenvalue weighted by Gasteiger charge is 2.26. The summed E-state index contributed by atoms with van der Waals surface area (Å²) in [4.78, 5) is 0. The molecule has 0 spiro atoms. The number of ether oxygens (including phenoxy) is 2. The monoisotopic (exact) mass is 235 g/mol. The van der Waals surface area contributed by atoms with Gasteiger partial charge in [-0.15, -0.1) is 0 Å². The van der Waals surface area contributed by atoms with Gasteiger partial charge in [0, 0.05) is 12.8 Å². The van der Waals surface area contributed by atoms with E-state index in [9.17, 15) is 0 Å².